The second kappa shape index (κ2) is 18.0. The summed E-state index contributed by atoms with van der Waals surface area (Å²) >= 11 is 0. The van der Waals surface area contributed by atoms with Crippen LogP contribution < -0.4 is 29.9 Å². The van der Waals surface area contributed by atoms with Crippen LogP contribution in [0.2, 0.25) is 0 Å². The minimum absolute atomic E-state index is 0.191. The fourth-order valence-corrected chi connectivity index (χ4v) is 9.45. The number of aliphatic hydroxyl groups is 4. The average Bonchev–Trinajstić information content (AvgIpc) is 4.11. The number of ether oxygens (including phenoxy) is 2. The fraction of sp³-hybridized carbons (Fsp3) is 0.480. The molecule has 18 nitrogen and oxygen atoms in total. The van der Waals surface area contributed by atoms with E-state index >= 15 is 0 Å². The zero-order valence-corrected chi connectivity index (χ0v) is 39.6. The van der Waals surface area contributed by atoms with Gasteiger partial charge < -0.3 is 50.3 Å². The largest absolute Gasteiger partial charge is 0.484 e. The van der Waals surface area contributed by atoms with Crippen LogP contribution in [0.4, 0.5) is 22.7 Å². The predicted molar refractivity (Wildman–Crippen MR) is 257 cm³/mol. The molecule has 4 aromatic heterocycles. The number of anilines is 4. The first-order chi connectivity index (χ1) is 32.4. The summed E-state index contributed by atoms with van der Waals surface area (Å²) in [4.78, 5) is 39.6. The zero-order chi connectivity index (χ0) is 48.2. The van der Waals surface area contributed by atoms with Crippen molar-refractivity contribution >= 4 is 45.9 Å². The Balaban J connectivity index is 0.000000170. The molecule has 2 saturated heterocycles. The summed E-state index contributed by atoms with van der Waals surface area (Å²) in [6, 6.07) is 11.4. The van der Waals surface area contributed by atoms with Crippen LogP contribution in [0.15, 0.2) is 73.6 Å². The maximum atomic E-state index is 13.3. The van der Waals surface area contributed by atoms with Crippen molar-refractivity contribution in [3.05, 3.63) is 95.8 Å². The van der Waals surface area contributed by atoms with E-state index in [9.17, 15) is 30.0 Å². The number of hydrogen-bond donors (Lipinski definition) is 6. The second-order valence-electron chi connectivity index (χ2n) is 20.1. The Kier molecular flexibility index (Phi) is 12.3. The molecule has 6 N–H and O–H groups in total. The molecule has 0 radical (unpaired) electrons. The van der Waals surface area contributed by atoms with Crippen LogP contribution in [0.3, 0.4) is 0 Å². The number of carbonyl (C=O) groups is 2. The maximum absolute atomic E-state index is 13.3. The Bertz CT molecular complexity index is 2640. The summed E-state index contributed by atoms with van der Waals surface area (Å²) in [6.45, 7) is 14.3. The number of fused-ring (bicyclic) bond motifs is 4. The molecule has 2 aromatic carbocycles. The Labute approximate surface area is 394 Å². The molecule has 0 spiro atoms. The number of rotatable bonds is 10. The van der Waals surface area contributed by atoms with Crippen molar-refractivity contribution in [3.63, 3.8) is 0 Å². The maximum Gasteiger partial charge on any atom is 0.261 e. The molecule has 2 fully saturated rings. The predicted octanol–water partition coefficient (Wildman–Crippen LogP) is 5.31. The highest BCUT2D eigenvalue weighted by molar-refractivity contribution is 6.10. The minimum atomic E-state index is -1.04. The molecule has 4 aliphatic rings. The molecule has 2 atom stereocenters. The highest BCUT2D eigenvalue weighted by Crippen LogP contribution is 2.47. The summed E-state index contributed by atoms with van der Waals surface area (Å²) in [6.07, 6.45) is 14.4. The molecule has 0 aliphatic carbocycles. The molecule has 6 aromatic rings. The number of nitrogens with one attached hydrogen (secondary N) is 2. The molecule has 68 heavy (non-hydrogen) atoms. The van der Waals surface area contributed by atoms with Crippen molar-refractivity contribution in [2.75, 3.05) is 59.8 Å². The van der Waals surface area contributed by atoms with Crippen molar-refractivity contribution in [3.8, 4) is 11.5 Å². The van der Waals surface area contributed by atoms with E-state index in [-0.39, 0.29) is 25.0 Å². The van der Waals surface area contributed by atoms with Gasteiger partial charge in [0.25, 0.3) is 11.8 Å². The van der Waals surface area contributed by atoms with E-state index in [0.717, 1.165) is 85.9 Å². The first-order valence-electron chi connectivity index (χ1n) is 23.4. The van der Waals surface area contributed by atoms with Gasteiger partial charge in [0, 0.05) is 100 Å². The van der Waals surface area contributed by atoms with Crippen LogP contribution in [0, 0.1) is 11.8 Å². The summed E-state index contributed by atoms with van der Waals surface area (Å²) < 4.78 is 15.7. The third-order valence-corrected chi connectivity index (χ3v) is 14.6. The molecular weight excluding hydrogens is 869 g/mol. The molecule has 10 rings (SSSR count). The van der Waals surface area contributed by atoms with E-state index in [0.29, 0.717) is 58.5 Å². The van der Waals surface area contributed by atoms with Gasteiger partial charge in [-0.05, 0) is 103 Å². The number of amides is 2. The molecule has 0 unspecified atom stereocenters. The Morgan fingerprint density at radius 1 is 0.662 bits per heavy atom. The van der Waals surface area contributed by atoms with Crippen LogP contribution in [0.1, 0.15) is 99.1 Å². The third kappa shape index (κ3) is 8.93. The first kappa shape index (κ1) is 46.8. The van der Waals surface area contributed by atoms with Gasteiger partial charge in [0.2, 0.25) is 0 Å². The van der Waals surface area contributed by atoms with Gasteiger partial charge in [-0.1, -0.05) is 0 Å². The molecule has 2 amide bonds. The van der Waals surface area contributed by atoms with E-state index in [1.807, 2.05) is 38.1 Å². The van der Waals surface area contributed by atoms with Gasteiger partial charge >= 0.3 is 0 Å². The summed E-state index contributed by atoms with van der Waals surface area (Å²) in [5.74, 6) is 1.46. The van der Waals surface area contributed by atoms with E-state index in [1.54, 1.807) is 73.6 Å². The quantitative estimate of drug-likeness (QED) is 0.103. The van der Waals surface area contributed by atoms with Crippen molar-refractivity contribution < 1.29 is 39.5 Å². The number of nitrogens with zero attached hydrogens (tertiary/aromatic N) is 8. The van der Waals surface area contributed by atoms with Crippen LogP contribution in [-0.4, -0.2) is 123 Å². The number of carbonyl (C=O) groups excluding carboxylic acids is 2. The van der Waals surface area contributed by atoms with Crippen molar-refractivity contribution in [1.82, 2.24) is 29.2 Å². The van der Waals surface area contributed by atoms with Crippen LogP contribution >= 0.6 is 0 Å². The van der Waals surface area contributed by atoms with Crippen molar-refractivity contribution in [2.24, 2.45) is 11.8 Å². The van der Waals surface area contributed by atoms with Gasteiger partial charge in [0.1, 0.15) is 33.8 Å². The smallest absolute Gasteiger partial charge is 0.261 e. The van der Waals surface area contributed by atoms with Gasteiger partial charge in [-0.25, -0.2) is 19.0 Å². The molecule has 18 heteroatoms. The van der Waals surface area contributed by atoms with Gasteiger partial charge in [0.15, 0.2) is 11.3 Å². The van der Waals surface area contributed by atoms with Gasteiger partial charge in [-0.15, -0.1) is 0 Å². The van der Waals surface area contributed by atoms with Crippen molar-refractivity contribution in [1.29, 1.82) is 0 Å². The SMILES string of the molecule is CC(C)(O)[C@@]1(C)Cc2cc(NC(=O)c3cnn4cccnc34)c(N3CCC(CO)CC3)cc2O1.CC(C)(O)[C@]1(C)Cc2cc(NC(=O)c3cnn4cccnc34)c(N3CCC(CO)CC3)cc2O1. The molecule has 4 aliphatic heterocycles. The minimum Gasteiger partial charge on any atom is -0.484 e. The lowest BCUT2D eigenvalue weighted by Crippen LogP contribution is -2.51. The average molecular weight is 931 g/mol. The summed E-state index contributed by atoms with van der Waals surface area (Å²) in [5.41, 5.74) is 3.11. The van der Waals surface area contributed by atoms with Crippen LogP contribution in [-0.2, 0) is 12.8 Å². The Morgan fingerprint density at radius 3 is 1.40 bits per heavy atom. The van der Waals surface area contributed by atoms with Gasteiger partial charge in [-0.3, -0.25) is 9.59 Å². The topological polar surface area (TPSA) is 224 Å². The number of piperidine rings is 2. The number of hydrogen-bond acceptors (Lipinski definition) is 14. The number of aliphatic hydroxyl groups excluding tert-OH is 2. The summed E-state index contributed by atoms with van der Waals surface area (Å²) in [5, 5.41) is 55.1. The van der Waals surface area contributed by atoms with E-state index < -0.39 is 22.4 Å². The molecule has 0 bridgehead atoms. The van der Waals surface area contributed by atoms with E-state index in [4.69, 9.17) is 9.47 Å². The van der Waals surface area contributed by atoms with E-state index in [1.165, 1.54) is 12.4 Å². The van der Waals surface area contributed by atoms with Crippen LogP contribution in [0.25, 0.3) is 11.3 Å². The van der Waals surface area contributed by atoms with Gasteiger partial charge in [-0.2, -0.15) is 10.2 Å². The van der Waals surface area contributed by atoms with E-state index in [2.05, 4.69) is 40.6 Å². The number of aromatic nitrogens is 6. The highest BCUT2D eigenvalue weighted by Gasteiger charge is 2.48. The van der Waals surface area contributed by atoms with Gasteiger partial charge in [0.05, 0.1) is 46.3 Å². The lowest BCUT2D eigenvalue weighted by molar-refractivity contribution is -0.0900. The highest BCUT2D eigenvalue weighted by atomic mass is 16.5. The first-order valence-corrected chi connectivity index (χ1v) is 23.4. The monoisotopic (exact) mass is 930 g/mol. The lowest BCUT2D eigenvalue weighted by atomic mass is 9.84. The molecule has 0 saturated carbocycles. The molecule has 360 valence electrons. The molecular formula is C50H62N10O8. The molecule has 8 heterocycles. The standard InChI is InChI=1S/2C25H31N5O4/c2*1-24(2,33)25(3)13-17-11-19(28-23(32)18-14-27-30-8-4-7-26-22(18)30)20(12-21(17)34-25)29-9-5-16(15-31)6-10-29/h2*4,7-8,11-12,14,16,31,33H,5-6,9-10,13,15H2,1-3H3,(H,28,32)/t2*25-/m10/s1. The van der Waals surface area contributed by atoms with Crippen molar-refractivity contribution in [2.45, 2.75) is 102 Å². The second-order valence-corrected chi connectivity index (χ2v) is 20.1. The fourth-order valence-electron chi connectivity index (χ4n) is 9.45. The summed E-state index contributed by atoms with van der Waals surface area (Å²) in [7, 11) is 0. The Hall–Kier alpha value is -6.34. The normalized spacial score (nSPS) is 20.9. The number of benzene rings is 2. The van der Waals surface area contributed by atoms with Crippen LogP contribution in [0.5, 0.6) is 11.5 Å². The Morgan fingerprint density at radius 2 is 1.04 bits per heavy atom. The third-order valence-electron chi connectivity index (χ3n) is 14.6. The zero-order valence-electron chi connectivity index (χ0n) is 39.6. The lowest BCUT2D eigenvalue weighted by Gasteiger charge is -2.36.